The smallest absolute Gasteiger partial charge is 0.307 e. The van der Waals surface area contributed by atoms with Crippen molar-refractivity contribution in [2.45, 2.75) is 19.8 Å². The van der Waals surface area contributed by atoms with Crippen LogP contribution in [0.3, 0.4) is 0 Å². The molecule has 1 aromatic rings. The molecule has 0 aliphatic rings. The quantitative estimate of drug-likeness (QED) is 0.714. The lowest BCUT2D eigenvalue weighted by Crippen LogP contribution is -2.07. The van der Waals surface area contributed by atoms with Crippen LogP contribution in [0.15, 0.2) is 0 Å². The maximum Gasteiger partial charge on any atom is 0.307 e. The molecule has 0 fully saturated rings. The highest BCUT2D eigenvalue weighted by atomic mass is 32.2. The molecule has 1 rings (SSSR count). The molecule has 0 saturated carbocycles. The summed E-state index contributed by atoms with van der Waals surface area (Å²) in [5.41, 5.74) is 0.579. The number of aromatic nitrogens is 2. The maximum absolute atomic E-state index is 10.8. The third-order valence-electron chi connectivity index (χ3n) is 1.26. The fourth-order valence-electron chi connectivity index (χ4n) is 0.741. The van der Waals surface area contributed by atoms with E-state index in [0.29, 0.717) is 5.69 Å². The van der Waals surface area contributed by atoms with Crippen LogP contribution in [-0.4, -0.2) is 23.4 Å². The first kappa shape index (κ1) is 10.4. The zero-order valence-corrected chi connectivity index (χ0v) is 9.15. The van der Waals surface area contributed by atoms with Crippen LogP contribution in [0.25, 0.3) is 0 Å². The van der Waals surface area contributed by atoms with Gasteiger partial charge in [-0.05, 0) is 0 Å². The Hall–Kier alpha value is -0.690. The molecule has 0 bridgehead atoms. The van der Waals surface area contributed by atoms with Crippen LogP contribution in [-0.2, 0) is 10.1 Å². The third kappa shape index (κ3) is 2.92. The molecule has 1 aromatic heterocycles. The minimum absolute atomic E-state index is 0.0995. The summed E-state index contributed by atoms with van der Waals surface area (Å²) in [6, 6.07) is 0. The standard InChI is InChI=1S/C6H10N2O3S2/c1-4(2)5-6(8-12-7-5)11-13(3,9)10/h4H,1-3H3. The molecule has 0 radical (unpaired) electrons. The SMILES string of the molecule is CC(C)c1nsnc1OS(C)(=O)=O. The molecular weight excluding hydrogens is 212 g/mol. The van der Waals surface area contributed by atoms with Crippen LogP contribution in [0, 0.1) is 0 Å². The summed E-state index contributed by atoms with van der Waals surface area (Å²) in [6.45, 7) is 3.79. The molecule has 0 aliphatic carbocycles. The number of hydrogen-bond acceptors (Lipinski definition) is 6. The molecule has 5 nitrogen and oxygen atoms in total. The van der Waals surface area contributed by atoms with Gasteiger partial charge < -0.3 is 4.18 Å². The average molecular weight is 222 g/mol. The van der Waals surface area contributed by atoms with Gasteiger partial charge in [-0.25, -0.2) is 0 Å². The van der Waals surface area contributed by atoms with Crippen molar-refractivity contribution < 1.29 is 12.6 Å². The lowest BCUT2D eigenvalue weighted by molar-refractivity contribution is 0.479. The summed E-state index contributed by atoms with van der Waals surface area (Å²) < 4.78 is 33.9. The van der Waals surface area contributed by atoms with Gasteiger partial charge in [-0.15, -0.1) is 4.37 Å². The Kier molecular flexibility index (Phi) is 2.87. The van der Waals surface area contributed by atoms with Gasteiger partial charge in [-0.1, -0.05) is 13.8 Å². The lowest BCUT2D eigenvalue weighted by Gasteiger charge is -2.02. The van der Waals surface area contributed by atoms with Crippen LogP contribution >= 0.6 is 11.7 Å². The van der Waals surface area contributed by atoms with Gasteiger partial charge in [-0.3, -0.25) is 0 Å². The van der Waals surface area contributed by atoms with Crippen molar-refractivity contribution >= 4 is 21.8 Å². The van der Waals surface area contributed by atoms with Gasteiger partial charge >= 0.3 is 10.1 Å². The molecule has 0 amide bonds. The van der Waals surface area contributed by atoms with Crippen LogP contribution in [0.4, 0.5) is 0 Å². The Bertz CT molecular complexity index is 382. The number of hydrogen-bond donors (Lipinski definition) is 0. The minimum atomic E-state index is -3.50. The molecule has 0 unspecified atom stereocenters. The summed E-state index contributed by atoms with van der Waals surface area (Å²) in [5.74, 6) is 0.206. The van der Waals surface area contributed by atoms with Crippen LogP contribution in [0.5, 0.6) is 5.88 Å². The van der Waals surface area contributed by atoms with Gasteiger partial charge in [0.25, 0.3) is 5.88 Å². The normalized spacial score (nSPS) is 12.0. The van der Waals surface area contributed by atoms with Gasteiger partial charge in [-0.2, -0.15) is 12.8 Å². The summed E-state index contributed by atoms with van der Waals surface area (Å²) >= 11 is 0.946. The topological polar surface area (TPSA) is 69.2 Å². The third-order valence-corrected chi connectivity index (χ3v) is 2.25. The predicted octanol–water partition coefficient (Wildman–Crippen LogP) is 1.000. The zero-order chi connectivity index (χ0) is 10.1. The van der Waals surface area contributed by atoms with Gasteiger partial charge in [0.1, 0.15) is 5.69 Å². The molecule has 1 heterocycles. The van der Waals surface area contributed by atoms with Gasteiger partial charge in [0.2, 0.25) is 0 Å². The van der Waals surface area contributed by atoms with Gasteiger partial charge in [0.15, 0.2) is 0 Å². The van der Waals surface area contributed by atoms with Crippen molar-refractivity contribution in [3.05, 3.63) is 5.69 Å². The molecule has 0 aromatic carbocycles. The number of rotatable bonds is 3. The molecule has 0 aliphatic heterocycles. The summed E-state index contributed by atoms with van der Waals surface area (Å²) in [4.78, 5) is 0. The Labute approximate surface area is 81.2 Å². The monoisotopic (exact) mass is 222 g/mol. The first-order chi connectivity index (χ1) is 5.90. The predicted molar refractivity (Wildman–Crippen MR) is 49.5 cm³/mol. The molecule has 0 N–H and O–H groups in total. The van der Waals surface area contributed by atoms with E-state index in [1.165, 1.54) is 0 Å². The van der Waals surface area contributed by atoms with E-state index in [0.717, 1.165) is 18.0 Å². The second-order valence-corrected chi connectivity index (χ2v) is 5.00. The molecule has 74 valence electrons. The van der Waals surface area contributed by atoms with E-state index in [2.05, 4.69) is 12.9 Å². The van der Waals surface area contributed by atoms with E-state index in [9.17, 15) is 8.42 Å². The van der Waals surface area contributed by atoms with E-state index in [1.807, 2.05) is 13.8 Å². The van der Waals surface area contributed by atoms with Crippen molar-refractivity contribution in [2.24, 2.45) is 0 Å². The fraction of sp³-hybridized carbons (Fsp3) is 0.667. The molecule has 0 spiro atoms. The Balaban J connectivity index is 2.96. The molecule has 7 heteroatoms. The van der Waals surface area contributed by atoms with E-state index < -0.39 is 10.1 Å². The second-order valence-electron chi connectivity index (χ2n) is 2.90. The highest BCUT2D eigenvalue weighted by molar-refractivity contribution is 7.86. The van der Waals surface area contributed by atoms with Gasteiger partial charge in [0, 0.05) is 5.92 Å². The van der Waals surface area contributed by atoms with Crippen molar-refractivity contribution in [2.75, 3.05) is 6.26 Å². The second kappa shape index (κ2) is 3.59. The van der Waals surface area contributed by atoms with E-state index in [-0.39, 0.29) is 11.8 Å². The number of nitrogens with zero attached hydrogens (tertiary/aromatic N) is 2. The van der Waals surface area contributed by atoms with Gasteiger partial charge in [0.05, 0.1) is 18.0 Å². The van der Waals surface area contributed by atoms with Crippen molar-refractivity contribution in [1.29, 1.82) is 0 Å². The van der Waals surface area contributed by atoms with Crippen LogP contribution in [0.1, 0.15) is 25.5 Å². The highest BCUT2D eigenvalue weighted by Crippen LogP contribution is 2.24. The molecule has 0 atom stereocenters. The van der Waals surface area contributed by atoms with E-state index >= 15 is 0 Å². The van der Waals surface area contributed by atoms with Crippen molar-refractivity contribution in [3.63, 3.8) is 0 Å². The average Bonchev–Trinajstić information content (AvgIpc) is 2.31. The summed E-state index contributed by atoms with van der Waals surface area (Å²) in [7, 11) is -3.50. The Morgan fingerprint density at radius 1 is 1.38 bits per heavy atom. The zero-order valence-electron chi connectivity index (χ0n) is 7.51. The van der Waals surface area contributed by atoms with E-state index in [1.54, 1.807) is 0 Å². The van der Waals surface area contributed by atoms with E-state index in [4.69, 9.17) is 0 Å². The maximum atomic E-state index is 10.8. The molecular formula is C6H10N2O3S2. The lowest BCUT2D eigenvalue weighted by atomic mass is 10.1. The van der Waals surface area contributed by atoms with Crippen LogP contribution < -0.4 is 4.18 Å². The first-order valence-corrected chi connectivity index (χ1v) is 6.16. The van der Waals surface area contributed by atoms with Crippen molar-refractivity contribution in [3.8, 4) is 5.88 Å². The fourth-order valence-corrected chi connectivity index (χ4v) is 1.82. The largest absolute Gasteiger partial charge is 0.359 e. The molecule has 0 saturated heterocycles. The summed E-state index contributed by atoms with van der Waals surface area (Å²) in [5, 5.41) is 0. The summed E-state index contributed by atoms with van der Waals surface area (Å²) in [6.07, 6.45) is 0.983. The first-order valence-electron chi connectivity index (χ1n) is 3.62. The Morgan fingerprint density at radius 3 is 2.46 bits per heavy atom. The highest BCUT2D eigenvalue weighted by Gasteiger charge is 2.16. The van der Waals surface area contributed by atoms with Crippen LogP contribution in [0.2, 0.25) is 0 Å². The minimum Gasteiger partial charge on any atom is -0.359 e. The molecule has 13 heavy (non-hydrogen) atoms. The Morgan fingerprint density at radius 2 is 2.00 bits per heavy atom. The van der Waals surface area contributed by atoms with Crippen molar-refractivity contribution in [1.82, 2.24) is 8.75 Å².